The first kappa shape index (κ1) is 12.8. The molecule has 1 aliphatic rings. The number of nitro benzene ring substituents is 1. The average molecular weight is 270 g/mol. The molecule has 0 spiro atoms. The number of halogens is 1. The summed E-state index contributed by atoms with van der Waals surface area (Å²) in [5.41, 5.74) is 0.0209. The molecule has 0 heterocycles. The van der Waals surface area contributed by atoms with E-state index in [-0.39, 0.29) is 16.3 Å². The number of nitro groups is 1. The highest BCUT2D eigenvalue weighted by molar-refractivity contribution is 6.33. The summed E-state index contributed by atoms with van der Waals surface area (Å²) >= 11 is 5.71. The zero-order chi connectivity index (χ0) is 13.1. The molecule has 1 aliphatic carbocycles. The summed E-state index contributed by atoms with van der Waals surface area (Å²) in [5.74, 6) is 0.200. The third kappa shape index (κ3) is 3.20. The summed E-state index contributed by atoms with van der Waals surface area (Å²) in [6.45, 7) is 0.387. The van der Waals surface area contributed by atoms with Crippen LogP contribution in [-0.4, -0.2) is 17.5 Å². The fourth-order valence-electron chi connectivity index (χ4n) is 1.59. The van der Waals surface area contributed by atoms with Crippen LogP contribution in [0.25, 0.3) is 0 Å². The van der Waals surface area contributed by atoms with Crippen molar-refractivity contribution in [2.45, 2.75) is 19.3 Å². The van der Waals surface area contributed by atoms with Gasteiger partial charge in [-0.3, -0.25) is 10.1 Å². The maximum Gasteiger partial charge on any atom is 0.338 e. The smallest absolute Gasteiger partial charge is 0.338 e. The lowest BCUT2D eigenvalue weighted by atomic mass is 10.2. The van der Waals surface area contributed by atoms with Crippen LogP contribution in [0.1, 0.15) is 29.6 Å². The standard InChI is InChI=1S/C12H12ClNO4/c13-10-7-9(3-4-11(10)14(16)17)12(15)18-6-5-8-1-2-8/h3-4,7-8H,1-2,5-6H2. The second-order valence-corrected chi connectivity index (χ2v) is 4.70. The van der Waals surface area contributed by atoms with Gasteiger partial charge < -0.3 is 4.74 Å². The van der Waals surface area contributed by atoms with Crippen molar-refractivity contribution in [1.82, 2.24) is 0 Å². The lowest BCUT2D eigenvalue weighted by Crippen LogP contribution is -2.07. The number of nitrogens with zero attached hydrogens (tertiary/aromatic N) is 1. The van der Waals surface area contributed by atoms with Crippen LogP contribution in [0, 0.1) is 16.0 Å². The monoisotopic (exact) mass is 269 g/mol. The van der Waals surface area contributed by atoms with E-state index in [0.717, 1.165) is 6.42 Å². The fraction of sp³-hybridized carbons (Fsp3) is 0.417. The Morgan fingerprint density at radius 3 is 2.78 bits per heavy atom. The van der Waals surface area contributed by atoms with E-state index in [1.807, 2.05) is 0 Å². The van der Waals surface area contributed by atoms with Crippen LogP contribution >= 0.6 is 11.6 Å². The second kappa shape index (κ2) is 5.35. The zero-order valence-electron chi connectivity index (χ0n) is 9.60. The lowest BCUT2D eigenvalue weighted by Gasteiger charge is -2.04. The van der Waals surface area contributed by atoms with E-state index in [1.54, 1.807) is 0 Å². The molecule has 1 saturated carbocycles. The number of rotatable bonds is 5. The molecule has 1 fully saturated rings. The second-order valence-electron chi connectivity index (χ2n) is 4.29. The highest BCUT2D eigenvalue weighted by Gasteiger charge is 2.22. The van der Waals surface area contributed by atoms with E-state index in [4.69, 9.17) is 16.3 Å². The van der Waals surface area contributed by atoms with Gasteiger partial charge in [-0.25, -0.2) is 4.79 Å². The van der Waals surface area contributed by atoms with Gasteiger partial charge in [0.25, 0.3) is 5.69 Å². The van der Waals surface area contributed by atoms with Crippen LogP contribution in [0.3, 0.4) is 0 Å². The number of hydrogen-bond acceptors (Lipinski definition) is 4. The van der Waals surface area contributed by atoms with Gasteiger partial charge in [0.1, 0.15) is 5.02 Å². The first-order chi connectivity index (χ1) is 8.58. The Morgan fingerprint density at radius 2 is 2.22 bits per heavy atom. The van der Waals surface area contributed by atoms with Crippen molar-refractivity contribution < 1.29 is 14.5 Å². The minimum atomic E-state index is -0.593. The molecule has 18 heavy (non-hydrogen) atoms. The van der Waals surface area contributed by atoms with Crippen molar-refractivity contribution in [3.63, 3.8) is 0 Å². The van der Waals surface area contributed by atoms with Gasteiger partial charge in [-0.2, -0.15) is 0 Å². The molecule has 0 N–H and O–H groups in total. The van der Waals surface area contributed by atoms with Gasteiger partial charge >= 0.3 is 5.97 Å². The van der Waals surface area contributed by atoms with Crippen LogP contribution in [0.2, 0.25) is 5.02 Å². The molecule has 0 aromatic heterocycles. The minimum Gasteiger partial charge on any atom is -0.462 e. The number of carbonyl (C=O) groups is 1. The molecule has 0 bridgehead atoms. The summed E-state index contributed by atoms with van der Waals surface area (Å²) in [6, 6.07) is 3.82. The first-order valence-corrected chi connectivity index (χ1v) is 6.07. The van der Waals surface area contributed by atoms with E-state index in [0.29, 0.717) is 12.5 Å². The fourth-order valence-corrected chi connectivity index (χ4v) is 1.84. The Labute approximate surface area is 109 Å². The third-order valence-corrected chi connectivity index (χ3v) is 3.14. The van der Waals surface area contributed by atoms with Crippen molar-refractivity contribution in [3.05, 3.63) is 38.9 Å². The molecule has 0 amide bonds. The lowest BCUT2D eigenvalue weighted by molar-refractivity contribution is -0.384. The van der Waals surface area contributed by atoms with Crippen molar-refractivity contribution >= 4 is 23.3 Å². The van der Waals surface area contributed by atoms with E-state index in [1.165, 1.54) is 31.0 Å². The van der Waals surface area contributed by atoms with Gasteiger partial charge in [-0.1, -0.05) is 24.4 Å². The maximum absolute atomic E-state index is 11.6. The third-order valence-electron chi connectivity index (χ3n) is 2.84. The summed E-state index contributed by atoms with van der Waals surface area (Å²) < 4.78 is 5.07. The molecule has 0 saturated heterocycles. The van der Waals surface area contributed by atoms with Crippen LogP contribution in [-0.2, 0) is 4.74 Å². The van der Waals surface area contributed by atoms with Crippen molar-refractivity contribution in [2.75, 3.05) is 6.61 Å². The van der Waals surface area contributed by atoms with Crippen LogP contribution in [0.15, 0.2) is 18.2 Å². The minimum absolute atomic E-state index is 0.0587. The molecule has 1 aromatic carbocycles. The van der Waals surface area contributed by atoms with Gasteiger partial charge in [-0.15, -0.1) is 0 Å². The predicted molar refractivity (Wildman–Crippen MR) is 65.7 cm³/mol. The van der Waals surface area contributed by atoms with Gasteiger partial charge in [0.05, 0.1) is 17.1 Å². The Kier molecular flexibility index (Phi) is 3.81. The van der Waals surface area contributed by atoms with Gasteiger partial charge in [0.2, 0.25) is 0 Å². The Hall–Kier alpha value is -1.62. The Balaban J connectivity index is 1.96. The highest BCUT2D eigenvalue weighted by atomic mass is 35.5. The van der Waals surface area contributed by atoms with Crippen LogP contribution in [0.5, 0.6) is 0 Å². The number of ether oxygens (including phenoxy) is 1. The molecule has 0 radical (unpaired) electrons. The molecular weight excluding hydrogens is 258 g/mol. The molecular formula is C12H12ClNO4. The molecule has 5 nitrogen and oxygen atoms in total. The largest absolute Gasteiger partial charge is 0.462 e. The van der Waals surface area contributed by atoms with E-state index < -0.39 is 10.9 Å². The van der Waals surface area contributed by atoms with Gasteiger partial charge in [0, 0.05) is 6.07 Å². The number of esters is 1. The summed E-state index contributed by atoms with van der Waals surface area (Å²) in [7, 11) is 0. The highest BCUT2D eigenvalue weighted by Crippen LogP contribution is 2.32. The maximum atomic E-state index is 11.6. The molecule has 1 aromatic rings. The average Bonchev–Trinajstić information content (AvgIpc) is 3.12. The van der Waals surface area contributed by atoms with Crippen LogP contribution in [0.4, 0.5) is 5.69 Å². The summed E-state index contributed by atoms with van der Waals surface area (Å²) in [5, 5.41) is 10.5. The molecule has 0 aliphatic heterocycles. The molecule has 6 heteroatoms. The predicted octanol–water partition coefficient (Wildman–Crippen LogP) is 3.21. The summed E-state index contributed by atoms with van der Waals surface area (Å²) in [6.07, 6.45) is 3.30. The molecule has 96 valence electrons. The number of benzene rings is 1. The molecule has 0 atom stereocenters. The van der Waals surface area contributed by atoms with Crippen molar-refractivity contribution in [1.29, 1.82) is 0 Å². The van der Waals surface area contributed by atoms with E-state index in [2.05, 4.69) is 0 Å². The normalized spacial score (nSPS) is 14.3. The Bertz CT molecular complexity index is 485. The first-order valence-electron chi connectivity index (χ1n) is 5.69. The van der Waals surface area contributed by atoms with Gasteiger partial charge in [-0.05, 0) is 24.5 Å². The molecule has 0 unspecified atom stereocenters. The quantitative estimate of drug-likeness (QED) is 0.467. The van der Waals surface area contributed by atoms with Crippen molar-refractivity contribution in [2.24, 2.45) is 5.92 Å². The molecule has 2 rings (SSSR count). The number of carbonyl (C=O) groups excluding carboxylic acids is 1. The van der Waals surface area contributed by atoms with E-state index >= 15 is 0 Å². The Morgan fingerprint density at radius 1 is 1.50 bits per heavy atom. The number of hydrogen-bond donors (Lipinski definition) is 0. The van der Waals surface area contributed by atoms with E-state index in [9.17, 15) is 14.9 Å². The van der Waals surface area contributed by atoms with Gasteiger partial charge in [0.15, 0.2) is 0 Å². The SMILES string of the molecule is O=C(OCCC1CC1)c1ccc([N+](=O)[O-])c(Cl)c1. The van der Waals surface area contributed by atoms with Crippen LogP contribution < -0.4 is 0 Å². The zero-order valence-corrected chi connectivity index (χ0v) is 10.4. The van der Waals surface area contributed by atoms with Crippen molar-refractivity contribution in [3.8, 4) is 0 Å². The summed E-state index contributed by atoms with van der Waals surface area (Å²) in [4.78, 5) is 21.6. The topological polar surface area (TPSA) is 69.4 Å².